The number of fused-ring (bicyclic) bond motifs is 1. The number of rotatable bonds is 11. The highest BCUT2D eigenvalue weighted by Crippen LogP contribution is 2.49. The maximum atomic E-state index is 14.5. The van der Waals surface area contributed by atoms with Crippen molar-refractivity contribution in [1.29, 1.82) is 0 Å². The van der Waals surface area contributed by atoms with E-state index in [9.17, 15) is 19.5 Å². The Morgan fingerprint density at radius 1 is 0.796 bits per heavy atom. The molecule has 5 aromatic rings. The molecule has 9 heteroatoms. The molecule has 0 bridgehead atoms. The van der Waals surface area contributed by atoms with Crippen molar-refractivity contribution in [2.24, 2.45) is 11.8 Å². The first-order valence-electron chi connectivity index (χ1n) is 16.6. The minimum atomic E-state index is -1.78. The van der Waals surface area contributed by atoms with Crippen molar-refractivity contribution in [3.05, 3.63) is 120 Å². The molecule has 0 radical (unpaired) electrons. The quantitative estimate of drug-likeness (QED) is 0.134. The SMILES string of the molecule is CCOc1ccccc1NC(=O)C1C(=O)CC(C)(O)C(C(=O)Nc2ccccc2OCC)C1c1cn(Cc2ccccc2)c2ccccc12. The molecule has 4 aromatic carbocycles. The minimum absolute atomic E-state index is 0.382. The summed E-state index contributed by atoms with van der Waals surface area (Å²) in [5.74, 6) is -4.16. The number of hydrogen-bond acceptors (Lipinski definition) is 6. The highest BCUT2D eigenvalue weighted by Gasteiger charge is 2.56. The van der Waals surface area contributed by atoms with Crippen LogP contribution >= 0.6 is 0 Å². The molecule has 2 amide bonds. The Morgan fingerprint density at radius 2 is 1.35 bits per heavy atom. The summed E-state index contributed by atoms with van der Waals surface area (Å²) in [4.78, 5) is 43.1. The van der Waals surface area contributed by atoms with Crippen molar-refractivity contribution in [1.82, 2.24) is 4.57 Å². The third kappa shape index (κ3) is 6.93. The van der Waals surface area contributed by atoms with E-state index in [-0.39, 0.29) is 6.42 Å². The summed E-state index contributed by atoms with van der Waals surface area (Å²) >= 11 is 0. The van der Waals surface area contributed by atoms with Crippen molar-refractivity contribution in [2.75, 3.05) is 23.8 Å². The van der Waals surface area contributed by atoms with E-state index in [2.05, 4.69) is 15.2 Å². The molecule has 252 valence electrons. The molecular formula is C40H41N3O6. The summed E-state index contributed by atoms with van der Waals surface area (Å²) in [7, 11) is 0. The number of carbonyl (C=O) groups excluding carboxylic acids is 3. The second kappa shape index (κ2) is 14.4. The first kappa shape index (κ1) is 33.5. The summed E-state index contributed by atoms with van der Waals surface area (Å²) in [6.07, 6.45) is 1.53. The van der Waals surface area contributed by atoms with Crippen LogP contribution in [0.25, 0.3) is 10.9 Å². The molecule has 0 saturated heterocycles. The van der Waals surface area contributed by atoms with Crippen LogP contribution in [0.3, 0.4) is 0 Å². The molecule has 1 aliphatic rings. The lowest BCUT2D eigenvalue weighted by Gasteiger charge is -2.44. The van der Waals surface area contributed by atoms with Crippen molar-refractivity contribution >= 4 is 39.9 Å². The molecule has 4 atom stereocenters. The second-order valence-electron chi connectivity index (χ2n) is 12.5. The van der Waals surface area contributed by atoms with E-state index in [1.165, 1.54) is 6.92 Å². The number of aliphatic hydroxyl groups is 1. The number of aromatic nitrogens is 1. The Balaban J connectivity index is 1.50. The highest BCUT2D eigenvalue weighted by atomic mass is 16.5. The maximum absolute atomic E-state index is 14.5. The van der Waals surface area contributed by atoms with Crippen molar-refractivity contribution in [3.8, 4) is 11.5 Å². The molecule has 4 unspecified atom stereocenters. The Labute approximate surface area is 285 Å². The van der Waals surface area contributed by atoms with Crippen LogP contribution in [0.15, 0.2) is 109 Å². The van der Waals surface area contributed by atoms with Gasteiger partial charge in [-0.3, -0.25) is 14.4 Å². The molecule has 3 N–H and O–H groups in total. The van der Waals surface area contributed by atoms with E-state index in [0.29, 0.717) is 48.2 Å². The fourth-order valence-electron chi connectivity index (χ4n) is 7.04. The van der Waals surface area contributed by atoms with Gasteiger partial charge >= 0.3 is 0 Å². The number of amides is 2. The molecule has 1 aliphatic carbocycles. The van der Waals surface area contributed by atoms with E-state index in [1.54, 1.807) is 48.5 Å². The molecule has 1 fully saturated rings. The van der Waals surface area contributed by atoms with Gasteiger partial charge in [-0.05, 0) is 62.2 Å². The van der Waals surface area contributed by atoms with Gasteiger partial charge in [-0.2, -0.15) is 0 Å². The summed E-state index contributed by atoms with van der Waals surface area (Å²) in [6, 6.07) is 31.8. The van der Waals surface area contributed by atoms with Crippen LogP contribution in [-0.2, 0) is 20.9 Å². The number of carbonyl (C=O) groups is 3. The predicted octanol–water partition coefficient (Wildman–Crippen LogP) is 6.80. The Kier molecular flexibility index (Phi) is 9.82. The number of Topliss-reactive ketones (excluding diaryl/α,β-unsaturated/α-hetero) is 1. The van der Waals surface area contributed by atoms with Gasteiger partial charge in [0.15, 0.2) is 0 Å². The van der Waals surface area contributed by atoms with Gasteiger partial charge in [0, 0.05) is 36.0 Å². The highest BCUT2D eigenvalue weighted by molar-refractivity contribution is 6.11. The van der Waals surface area contributed by atoms with Crippen LogP contribution in [0.2, 0.25) is 0 Å². The zero-order valence-electron chi connectivity index (χ0n) is 27.9. The third-order valence-electron chi connectivity index (χ3n) is 9.10. The van der Waals surface area contributed by atoms with Crippen molar-refractivity contribution < 1.29 is 29.0 Å². The lowest BCUT2D eigenvalue weighted by Crippen LogP contribution is -2.56. The average molecular weight is 660 g/mol. The summed E-state index contributed by atoms with van der Waals surface area (Å²) in [5, 5.41) is 18.7. The summed E-state index contributed by atoms with van der Waals surface area (Å²) < 4.78 is 13.6. The van der Waals surface area contributed by atoms with E-state index in [1.807, 2.05) is 74.6 Å². The first-order valence-corrected chi connectivity index (χ1v) is 16.6. The first-order chi connectivity index (χ1) is 23.7. The molecule has 1 saturated carbocycles. The number of anilines is 2. The number of ketones is 1. The van der Waals surface area contributed by atoms with Crippen LogP contribution in [-0.4, -0.2) is 46.1 Å². The van der Waals surface area contributed by atoms with Gasteiger partial charge in [-0.15, -0.1) is 0 Å². The fraction of sp³-hybridized carbons (Fsp3) is 0.275. The molecule has 1 aromatic heterocycles. The van der Waals surface area contributed by atoms with Crippen LogP contribution in [0.5, 0.6) is 11.5 Å². The largest absolute Gasteiger partial charge is 0.492 e. The molecule has 0 aliphatic heterocycles. The standard InChI is InChI=1S/C40H41N3O6/c1-4-48-33-21-13-10-18-29(33)41-38(45)36-32(44)23-40(3,47)37(39(46)42-30-19-11-14-22-34(30)49-5-2)35(36)28-25-43(24-26-15-7-6-8-16-26)31-20-12-9-17-27(28)31/h6-22,25,35-37,47H,4-5,23-24H2,1-3H3,(H,41,45)(H,42,46). The molecule has 49 heavy (non-hydrogen) atoms. The second-order valence-corrected chi connectivity index (χ2v) is 12.5. The van der Waals surface area contributed by atoms with Gasteiger partial charge in [0.1, 0.15) is 23.2 Å². The van der Waals surface area contributed by atoms with Crippen LogP contribution in [0.4, 0.5) is 11.4 Å². The monoisotopic (exact) mass is 659 g/mol. The number of nitrogens with zero attached hydrogens (tertiary/aromatic N) is 1. The molecule has 6 rings (SSSR count). The normalized spacial score (nSPS) is 20.5. The summed E-state index contributed by atoms with van der Waals surface area (Å²) in [6.45, 7) is 6.49. The van der Waals surface area contributed by atoms with E-state index in [0.717, 1.165) is 16.5 Å². The zero-order valence-corrected chi connectivity index (χ0v) is 27.9. The lowest BCUT2D eigenvalue weighted by molar-refractivity contribution is -0.150. The lowest BCUT2D eigenvalue weighted by atomic mass is 9.61. The summed E-state index contributed by atoms with van der Waals surface area (Å²) in [5.41, 5.74) is 1.62. The van der Waals surface area contributed by atoms with E-state index in [4.69, 9.17) is 9.47 Å². The smallest absolute Gasteiger partial charge is 0.235 e. The molecule has 1 heterocycles. The van der Waals surface area contributed by atoms with Gasteiger partial charge in [0.25, 0.3) is 0 Å². The Bertz CT molecular complexity index is 1970. The van der Waals surface area contributed by atoms with Crippen LogP contribution in [0.1, 0.15) is 44.2 Å². The van der Waals surface area contributed by atoms with Gasteiger partial charge in [-0.25, -0.2) is 0 Å². The zero-order chi connectivity index (χ0) is 34.5. The van der Waals surface area contributed by atoms with E-state index >= 15 is 0 Å². The van der Waals surface area contributed by atoms with Gasteiger partial charge in [0.05, 0.1) is 36.1 Å². The minimum Gasteiger partial charge on any atom is -0.492 e. The van der Waals surface area contributed by atoms with Crippen molar-refractivity contribution in [3.63, 3.8) is 0 Å². The van der Waals surface area contributed by atoms with Gasteiger partial charge in [0.2, 0.25) is 11.8 Å². The van der Waals surface area contributed by atoms with Gasteiger partial charge in [-0.1, -0.05) is 72.8 Å². The van der Waals surface area contributed by atoms with E-state index < -0.39 is 41.0 Å². The van der Waals surface area contributed by atoms with Crippen LogP contribution < -0.4 is 20.1 Å². The number of hydrogen-bond donors (Lipinski definition) is 3. The average Bonchev–Trinajstić information content (AvgIpc) is 3.44. The fourth-order valence-corrected chi connectivity index (χ4v) is 7.04. The Hall–Kier alpha value is -5.41. The molecule has 9 nitrogen and oxygen atoms in total. The number of nitrogens with one attached hydrogen (secondary N) is 2. The Morgan fingerprint density at radius 3 is 1.98 bits per heavy atom. The third-order valence-corrected chi connectivity index (χ3v) is 9.10. The topological polar surface area (TPSA) is 119 Å². The molecular weight excluding hydrogens is 618 g/mol. The van der Waals surface area contributed by atoms with Crippen molar-refractivity contribution in [2.45, 2.75) is 45.3 Å². The number of ether oxygens (including phenoxy) is 2. The predicted molar refractivity (Wildman–Crippen MR) is 190 cm³/mol. The number of benzene rings is 4. The van der Waals surface area contributed by atoms with Crippen LogP contribution in [0, 0.1) is 11.8 Å². The van der Waals surface area contributed by atoms with Gasteiger partial charge < -0.3 is 29.8 Å². The molecule has 0 spiro atoms. The number of para-hydroxylation sites is 5. The maximum Gasteiger partial charge on any atom is 0.235 e.